The van der Waals surface area contributed by atoms with Crippen LogP contribution >= 0.6 is 27.3 Å². The van der Waals surface area contributed by atoms with Gasteiger partial charge in [0.25, 0.3) is 5.56 Å². The standard InChI is InChI=1S/C22H25BrN4O2S/c1-13(20(28)24-15-10-8-14(23)9-11-15)27-18(12-26(2)3)25-21-19(22(27)29)16-6-4-5-7-17(16)30-21/h8-11,13H,4-7,12H2,1-3H3,(H,24,28). The zero-order valence-electron chi connectivity index (χ0n) is 17.4. The van der Waals surface area contributed by atoms with Crippen molar-refractivity contribution < 1.29 is 4.79 Å². The van der Waals surface area contributed by atoms with Crippen molar-refractivity contribution in [1.82, 2.24) is 14.5 Å². The summed E-state index contributed by atoms with van der Waals surface area (Å²) in [5, 5.41) is 3.63. The summed E-state index contributed by atoms with van der Waals surface area (Å²) in [4.78, 5) is 35.6. The van der Waals surface area contributed by atoms with Gasteiger partial charge in [0.05, 0.1) is 11.9 Å². The molecule has 30 heavy (non-hydrogen) atoms. The minimum atomic E-state index is -0.674. The third kappa shape index (κ3) is 4.08. The first-order valence-corrected chi connectivity index (χ1v) is 11.7. The molecule has 2 heterocycles. The maximum absolute atomic E-state index is 13.6. The van der Waals surface area contributed by atoms with Crippen molar-refractivity contribution in [3.8, 4) is 0 Å². The Kier molecular flexibility index (Phi) is 6.09. The Balaban J connectivity index is 1.78. The normalized spacial score (nSPS) is 14.7. The molecule has 0 radical (unpaired) electrons. The molecule has 1 aromatic carbocycles. The molecule has 158 valence electrons. The highest BCUT2D eigenvalue weighted by Crippen LogP contribution is 2.34. The van der Waals surface area contributed by atoms with E-state index >= 15 is 0 Å². The third-order valence-electron chi connectivity index (χ3n) is 5.43. The first-order chi connectivity index (χ1) is 14.3. The van der Waals surface area contributed by atoms with Crippen molar-refractivity contribution in [1.29, 1.82) is 0 Å². The van der Waals surface area contributed by atoms with Gasteiger partial charge >= 0.3 is 0 Å². The molecule has 0 aliphatic heterocycles. The lowest BCUT2D eigenvalue weighted by Crippen LogP contribution is -2.36. The van der Waals surface area contributed by atoms with Crippen LogP contribution in [0, 0.1) is 0 Å². The zero-order valence-corrected chi connectivity index (χ0v) is 19.8. The van der Waals surface area contributed by atoms with Crippen molar-refractivity contribution in [3.63, 3.8) is 0 Å². The van der Waals surface area contributed by atoms with E-state index in [1.807, 2.05) is 43.3 Å². The molecule has 8 heteroatoms. The van der Waals surface area contributed by atoms with Crippen molar-refractivity contribution in [3.05, 3.63) is 55.4 Å². The molecule has 1 aliphatic carbocycles. The average molecular weight is 489 g/mol. The summed E-state index contributed by atoms with van der Waals surface area (Å²) in [7, 11) is 3.87. The molecule has 0 saturated carbocycles. The summed E-state index contributed by atoms with van der Waals surface area (Å²) in [6.45, 7) is 2.25. The molecular formula is C22H25BrN4O2S. The molecule has 1 unspecified atom stereocenters. The molecular weight excluding hydrogens is 464 g/mol. The highest BCUT2D eigenvalue weighted by Gasteiger charge is 2.26. The van der Waals surface area contributed by atoms with Gasteiger partial charge in [-0.15, -0.1) is 11.3 Å². The second kappa shape index (κ2) is 8.61. The molecule has 3 aromatic rings. The van der Waals surface area contributed by atoms with Crippen LogP contribution in [-0.2, 0) is 24.2 Å². The van der Waals surface area contributed by atoms with Crippen LogP contribution in [0.1, 0.15) is 42.1 Å². The Morgan fingerprint density at radius 3 is 2.67 bits per heavy atom. The van der Waals surface area contributed by atoms with E-state index in [0.717, 1.165) is 40.5 Å². The van der Waals surface area contributed by atoms with E-state index in [1.165, 1.54) is 4.88 Å². The molecule has 0 bridgehead atoms. The topological polar surface area (TPSA) is 67.2 Å². The Morgan fingerprint density at radius 2 is 1.97 bits per heavy atom. The van der Waals surface area contributed by atoms with Crippen molar-refractivity contribution >= 4 is 49.1 Å². The predicted octanol–water partition coefficient (Wildman–Crippen LogP) is 4.36. The van der Waals surface area contributed by atoms with Crippen LogP contribution in [0.15, 0.2) is 33.5 Å². The van der Waals surface area contributed by atoms with Crippen LogP contribution in [0.25, 0.3) is 10.2 Å². The predicted molar refractivity (Wildman–Crippen MR) is 125 cm³/mol. The van der Waals surface area contributed by atoms with Crippen LogP contribution in [0.2, 0.25) is 0 Å². The number of thiophene rings is 1. The second-order valence-corrected chi connectivity index (χ2v) is 10.0. The lowest BCUT2D eigenvalue weighted by molar-refractivity contribution is -0.119. The van der Waals surface area contributed by atoms with E-state index in [2.05, 4.69) is 21.2 Å². The molecule has 6 nitrogen and oxygen atoms in total. The zero-order chi connectivity index (χ0) is 21.4. The van der Waals surface area contributed by atoms with Gasteiger partial charge in [-0.2, -0.15) is 0 Å². The smallest absolute Gasteiger partial charge is 0.263 e. The number of nitrogens with one attached hydrogen (secondary N) is 1. The lowest BCUT2D eigenvalue weighted by atomic mass is 9.97. The SMILES string of the molecule is CC(C(=O)Nc1ccc(Br)cc1)n1c(CN(C)C)nc2sc3c(c2c1=O)CCCC3. The van der Waals surface area contributed by atoms with Gasteiger partial charge in [-0.3, -0.25) is 14.2 Å². The van der Waals surface area contributed by atoms with E-state index in [4.69, 9.17) is 4.98 Å². The van der Waals surface area contributed by atoms with Crippen LogP contribution < -0.4 is 10.9 Å². The number of amides is 1. The molecule has 0 fully saturated rings. The summed E-state index contributed by atoms with van der Waals surface area (Å²) in [6, 6.07) is 6.72. The Hall–Kier alpha value is -2.03. The van der Waals surface area contributed by atoms with Gasteiger partial charge in [-0.05, 0) is 76.5 Å². The molecule has 1 N–H and O–H groups in total. The number of hydrogen-bond acceptors (Lipinski definition) is 5. The monoisotopic (exact) mass is 488 g/mol. The van der Waals surface area contributed by atoms with Gasteiger partial charge in [-0.1, -0.05) is 15.9 Å². The van der Waals surface area contributed by atoms with Crippen LogP contribution in [-0.4, -0.2) is 34.5 Å². The number of halogens is 1. The van der Waals surface area contributed by atoms with Crippen LogP contribution in [0.4, 0.5) is 5.69 Å². The third-order valence-corrected chi connectivity index (χ3v) is 7.14. The minimum absolute atomic E-state index is 0.102. The highest BCUT2D eigenvalue weighted by atomic mass is 79.9. The largest absolute Gasteiger partial charge is 0.324 e. The number of carbonyl (C=O) groups is 1. The van der Waals surface area contributed by atoms with E-state index in [0.29, 0.717) is 23.4 Å². The van der Waals surface area contributed by atoms with E-state index in [1.54, 1.807) is 22.8 Å². The summed E-state index contributed by atoms with van der Waals surface area (Å²) < 4.78 is 2.52. The van der Waals surface area contributed by atoms with Gasteiger partial charge < -0.3 is 10.2 Å². The first kappa shape index (κ1) is 21.2. The van der Waals surface area contributed by atoms with Gasteiger partial charge in [0, 0.05) is 15.0 Å². The van der Waals surface area contributed by atoms with E-state index in [9.17, 15) is 9.59 Å². The fraction of sp³-hybridized carbons (Fsp3) is 0.409. The maximum atomic E-state index is 13.6. The van der Waals surface area contributed by atoms with Crippen LogP contribution in [0.3, 0.4) is 0 Å². The number of aryl methyl sites for hydroxylation is 2. The maximum Gasteiger partial charge on any atom is 0.263 e. The Bertz CT molecular complexity index is 1150. The van der Waals surface area contributed by atoms with Crippen LogP contribution in [0.5, 0.6) is 0 Å². The lowest BCUT2D eigenvalue weighted by Gasteiger charge is -2.21. The number of benzene rings is 1. The molecule has 2 aromatic heterocycles. The highest BCUT2D eigenvalue weighted by molar-refractivity contribution is 9.10. The van der Waals surface area contributed by atoms with E-state index in [-0.39, 0.29) is 11.5 Å². The number of anilines is 1. The Morgan fingerprint density at radius 1 is 1.27 bits per heavy atom. The number of aromatic nitrogens is 2. The second-order valence-electron chi connectivity index (χ2n) is 8.00. The molecule has 1 atom stereocenters. The Labute approximate surface area is 188 Å². The van der Waals surface area contributed by atoms with Gasteiger partial charge in [0.15, 0.2) is 0 Å². The van der Waals surface area contributed by atoms with Crippen molar-refractivity contribution in [2.24, 2.45) is 0 Å². The molecule has 1 amide bonds. The number of fused-ring (bicyclic) bond motifs is 3. The van der Waals surface area contributed by atoms with Crippen molar-refractivity contribution in [2.45, 2.75) is 45.2 Å². The van der Waals surface area contributed by atoms with Gasteiger partial charge in [0.2, 0.25) is 5.91 Å². The summed E-state index contributed by atoms with van der Waals surface area (Å²) in [5.74, 6) is 0.388. The number of carbonyl (C=O) groups excluding carboxylic acids is 1. The quantitative estimate of drug-likeness (QED) is 0.579. The van der Waals surface area contributed by atoms with Gasteiger partial charge in [0.1, 0.15) is 16.7 Å². The summed E-state index contributed by atoms with van der Waals surface area (Å²) in [5.41, 5.74) is 1.73. The molecule has 0 spiro atoms. The van der Waals surface area contributed by atoms with E-state index < -0.39 is 6.04 Å². The number of nitrogens with zero attached hydrogens (tertiary/aromatic N) is 3. The van der Waals surface area contributed by atoms with Gasteiger partial charge in [-0.25, -0.2) is 4.98 Å². The molecule has 4 rings (SSSR count). The summed E-state index contributed by atoms with van der Waals surface area (Å²) in [6.07, 6.45) is 4.18. The molecule has 1 aliphatic rings. The number of hydrogen-bond donors (Lipinski definition) is 1. The summed E-state index contributed by atoms with van der Waals surface area (Å²) >= 11 is 5.04. The fourth-order valence-electron chi connectivity index (χ4n) is 3.95. The number of rotatable bonds is 5. The first-order valence-electron chi connectivity index (χ1n) is 10.1. The fourth-order valence-corrected chi connectivity index (χ4v) is 5.49. The average Bonchev–Trinajstić information content (AvgIpc) is 3.07. The molecule has 0 saturated heterocycles. The van der Waals surface area contributed by atoms with Crippen molar-refractivity contribution in [2.75, 3.05) is 19.4 Å². The minimum Gasteiger partial charge on any atom is -0.324 e.